The predicted octanol–water partition coefficient (Wildman–Crippen LogP) is 5.89. The van der Waals surface area contributed by atoms with Crippen molar-refractivity contribution < 1.29 is 31.2 Å². The van der Waals surface area contributed by atoms with Crippen molar-refractivity contribution in [3.8, 4) is 0 Å². The number of anilines is 1. The number of sulfonamides is 1. The average Bonchev–Trinajstić information content (AvgIpc) is 2.85. The molecule has 39 heavy (non-hydrogen) atoms. The predicted molar refractivity (Wildman–Crippen MR) is 147 cm³/mol. The molecule has 7 nitrogen and oxygen atoms in total. The summed E-state index contributed by atoms with van der Waals surface area (Å²) < 4.78 is 65.3. The molecule has 1 N–H and O–H groups in total. The number of nitrogens with zero attached hydrogens (tertiary/aromatic N) is 2. The smallest absolute Gasteiger partial charge is 0.354 e. The molecule has 2 rings (SSSR count). The minimum absolute atomic E-state index is 0.0120. The van der Waals surface area contributed by atoms with Gasteiger partial charge in [-0.3, -0.25) is 13.9 Å². The number of hydrogen-bond donors (Lipinski definition) is 1. The van der Waals surface area contributed by atoms with E-state index >= 15 is 0 Å². The van der Waals surface area contributed by atoms with Crippen molar-refractivity contribution in [1.29, 1.82) is 0 Å². The highest BCUT2D eigenvalue weighted by molar-refractivity contribution is 7.92. The fourth-order valence-corrected chi connectivity index (χ4v) is 5.45. The molecular formula is C26H32Cl2F3N3O4S. The lowest BCUT2D eigenvalue weighted by molar-refractivity contribution is -0.141. The lowest BCUT2D eigenvalue weighted by Crippen LogP contribution is -2.49. The van der Waals surface area contributed by atoms with Crippen molar-refractivity contribution in [3.63, 3.8) is 0 Å². The van der Waals surface area contributed by atoms with Crippen LogP contribution in [0.25, 0.3) is 0 Å². The minimum atomic E-state index is -4.65. The second kappa shape index (κ2) is 14.2. The molecule has 2 amide bonds. The Hall–Kier alpha value is -2.50. The number of carbonyl (C=O) groups is 2. The van der Waals surface area contributed by atoms with Gasteiger partial charge in [0.25, 0.3) is 0 Å². The van der Waals surface area contributed by atoms with Crippen LogP contribution in [0.3, 0.4) is 0 Å². The van der Waals surface area contributed by atoms with E-state index in [1.807, 2.05) is 6.92 Å². The molecule has 2 aromatic carbocycles. The highest BCUT2D eigenvalue weighted by atomic mass is 35.5. The summed E-state index contributed by atoms with van der Waals surface area (Å²) >= 11 is 12.6. The molecule has 0 bridgehead atoms. The number of carbonyl (C=O) groups excluding carboxylic acids is 2. The average molecular weight is 611 g/mol. The normalized spacial score (nSPS) is 12.6. The first-order valence-corrected chi connectivity index (χ1v) is 15.0. The number of halogens is 5. The van der Waals surface area contributed by atoms with Gasteiger partial charge in [0.15, 0.2) is 0 Å². The SMILES string of the molecule is CCCNC(=O)[C@H](CC)N(Cc1c(Cl)cccc1Cl)C(=O)CCCN(c1cccc(C(F)(F)F)c1)S(C)(=O)=O. The molecule has 0 aliphatic heterocycles. The van der Waals surface area contributed by atoms with Crippen LogP contribution < -0.4 is 9.62 Å². The Kier molecular flexibility index (Phi) is 11.9. The molecule has 13 heteroatoms. The molecule has 0 saturated carbocycles. The van der Waals surface area contributed by atoms with Gasteiger partial charge in [0.1, 0.15) is 6.04 Å². The van der Waals surface area contributed by atoms with Crippen LogP contribution in [0.2, 0.25) is 10.0 Å². The third kappa shape index (κ3) is 9.29. The second-order valence-electron chi connectivity index (χ2n) is 8.92. The topological polar surface area (TPSA) is 86.8 Å². The number of alkyl halides is 3. The lowest BCUT2D eigenvalue weighted by Gasteiger charge is -2.31. The van der Waals surface area contributed by atoms with Crippen LogP contribution in [0.1, 0.15) is 50.7 Å². The van der Waals surface area contributed by atoms with Gasteiger partial charge in [-0.25, -0.2) is 8.42 Å². The maximum Gasteiger partial charge on any atom is 0.416 e. The van der Waals surface area contributed by atoms with Crippen molar-refractivity contribution in [1.82, 2.24) is 10.2 Å². The second-order valence-corrected chi connectivity index (χ2v) is 11.6. The van der Waals surface area contributed by atoms with Crippen molar-refractivity contribution in [2.45, 2.75) is 58.3 Å². The highest BCUT2D eigenvalue weighted by Gasteiger charge is 2.32. The summed E-state index contributed by atoms with van der Waals surface area (Å²) in [4.78, 5) is 27.7. The molecule has 0 aliphatic rings. The summed E-state index contributed by atoms with van der Waals surface area (Å²) in [7, 11) is -3.96. The zero-order valence-corrected chi connectivity index (χ0v) is 24.2. The molecule has 0 saturated heterocycles. The maximum absolute atomic E-state index is 13.4. The molecular weight excluding hydrogens is 578 g/mol. The molecule has 0 heterocycles. The zero-order chi connectivity index (χ0) is 29.4. The summed E-state index contributed by atoms with van der Waals surface area (Å²) in [6.07, 6.45) is -2.96. The van der Waals surface area contributed by atoms with Crippen LogP contribution in [0.5, 0.6) is 0 Å². The van der Waals surface area contributed by atoms with Crippen LogP contribution in [0.4, 0.5) is 18.9 Å². The Morgan fingerprint density at radius 1 is 1.05 bits per heavy atom. The molecule has 0 aromatic heterocycles. The number of benzene rings is 2. The van der Waals surface area contributed by atoms with Gasteiger partial charge < -0.3 is 10.2 Å². The van der Waals surface area contributed by atoms with Crippen molar-refractivity contribution in [3.05, 3.63) is 63.6 Å². The van der Waals surface area contributed by atoms with Gasteiger partial charge in [-0.15, -0.1) is 0 Å². The first-order chi connectivity index (χ1) is 18.2. The van der Waals surface area contributed by atoms with Crippen molar-refractivity contribution in [2.24, 2.45) is 0 Å². The fraction of sp³-hybridized carbons (Fsp3) is 0.462. The van der Waals surface area contributed by atoms with Crippen molar-refractivity contribution >= 4 is 50.7 Å². The molecule has 0 radical (unpaired) electrons. The maximum atomic E-state index is 13.4. The summed E-state index contributed by atoms with van der Waals surface area (Å²) in [6.45, 7) is 3.77. The lowest BCUT2D eigenvalue weighted by atomic mass is 10.1. The van der Waals surface area contributed by atoms with E-state index < -0.39 is 33.7 Å². The summed E-state index contributed by atoms with van der Waals surface area (Å²) in [6, 6.07) is 8.02. The van der Waals surface area contributed by atoms with E-state index in [4.69, 9.17) is 23.2 Å². The Labute approximate surface area is 237 Å². The molecule has 1 atom stereocenters. The van der Waals surface area contributed by atoms with Crippen LogP contribution >= 0.6 is 23.2 Å². The first kappa shape index (κ1) is 32.7. The van der Waals surface area contributed by atoms with Gasteiger partial charge in [0.2, 0.25) is 21.8 Å². The third-order valence-corrected chi connectivity index (χ3v) is 7.84. The quantitative estimate of drug-likeness (QED) is 0.307. The monoisotopic (exact) mass is 609 g/mol. The number of amides is 2. The van der Waals surface area contributed by atoms with E-state index in [9.17, 15) is 31.2 Å². The Bertz CT molecular complexity index is 1240. The van der Waals surface area contributed by atoms with Crippen LogP contribution in [0.15, 0.2) is 42.5 Å². The number of nitrogens with one attached hydrogen (secondary N) is 1. The van der Waals surface area contributed by atoms with Crippen LogP contribution in [-0.2, 0) is 32.3 Å². The fourth-order valence-electron chi connectivity index (χ4n) is 3.98. The molecule has 0 spiro atoms. The minimum Gasteiger partial charge on any atom is -0.354 e. The Morgan fingerprint density at radius 3 is 2.21 bits per heavy atom. The van der Waals surface area contributed by atoms with Crippen LogP contribution in [0, 0.1) is 0 Å². The summed E-state index contributed by atoms with van der Waals surface area (Å²) in [5, 5.41) is 3.42. The molecule has 2 aromatic rings. The molecule has 0 unspecified atom stereocenters. The van der Waals surface area contributed by atoms with E-state index in [0.717, 1.165) is 28.8 Å². The highest BCUT2D eigenvalue weighted by Crippen LogP contribution is 2.32. The largest absolute Gasteiger partial charge is 0.416 e. The van der Waals surface area contributed by atoms with E-state index in [2.05, 4.69) is 5.32 Å². The van der Waals surface area contributed by atoms with Gasteiger partial charge in [0, 0.05) is 41.7 Å². The summed E-state index contributed by atoms with van der Waals surface area (Å²) in [5.41, 5.74) is -0.695. The Balaban J connectivity index is 2.30. The molecule has 0 fully saturated rings. The summed E-state index contributed by atoms with van der Waals surface area (Å²) in [5.74, 6) is -0.806. The van der Waals surface area contributed by atoms with Crippen LogP contribution in [-0.4, -0.2) is 50.5 Å². The number of hydrogen-bond acceptors (Lipinski definition) is 4. The van der Waals surface area contributed by atoms with Crippen molar-refractivity contribution in [2.75, 3.05) is 23.7 Å². The van der Waals surface area contributed by atoms with E-state index in [1.165, 1.54) is 11.0 Å². The van der Waals surface area contributed by atoms with E-state index in [1.54, 1.807) is 25.1 Å². The standard InChI is InChI=1S/C26H32Cl2F3N3O4S/c1-4-14-32-25(36)23(5-2)33(17-20-21(27)11-7-12-22(20)28)24(35)13-8-15-34(39(3,37)38)19-10-6-9-18(16-19)26(29,30)31/h6-7,9-12,16,23H,4-5,8,13-15,17H2,1-3H3,(H,32,36)/t23-/m0/s1. The zero-order valence-electron chi connectivity index (χ0n) is 21.9. The molecule has 0 aliphatic carbocycles. The Morgan fingerprint density at radius 2 is 1.67 bits per heavy atom. The van der Waals surface area contributed by atoms with Gasteiger partial charge >= 0.3 is 6.18 Å². The van der Waals surface area contributed by atoms with Gasteiger partial charge in [-0.05, 0) is 49.6 Å². The third-order valence-electron chi connectivity index (χ3n) is 5.94. The molecule has 216 valence electrons. The first-order valence-electron chi connectivity index (χ1n) is 12.4. The van der Waals surface area contributed by atoms with Gasteiger partial charge in [-0.1, -0.05) is 49.2 Å². The number of rotatable bonds is 13. The van der Waals surface area contributed by atoms with Gasteiger partial charge in [0.05, 0.1) is 17.5 Å². The van der Waals surface area contributed by atoms with E-state index in [-0.39, 0.29) is 37.5 Å². The van der Waals surface area contributed by atoms with E-state index in [0.29, 0.717) is 35.0 Å². The van der Waals surface area contributed by atoms with Gasteiger partial charge in [-0.2, -0.15) is 13.2 Å².